The van der Waals surface area contributed by atoms with Crippen molar-refractivity contribution >= 4 is 21.7 Å². The van der Waals surface area contributed by atoms with Crippen LogP contribution >= 0.6 is 11.3 Å². The molecule has 0 unspecified atom stereocenters. The van der Waals surface area contributed by atoms with Gasteiger partial charge < -0.3 is 0 Å². The van der Waals surface area contributed by atoms with Crippen molar-refractivity contribution in [3.8, 4) is 10.6 Å². The first-order valence-electron chi connectivity index (χ1n) is 5.11. The van der Waals surface area contributed by atoms with E-state index >= 15 is 0 Å². The molecule has 1 aromatic carbocycles. The van der Waals surface area contributed by atoms with Crippen LogP contribution in [0, 0.1) is 6.92 Å². The van der Waals surface area contributed by atoms with E-state index < -0.39 is 0 Å². The van der Waals surface area contributed by atoms with Gasteiger partial charge in [0, 0.05) is 11.8 Å². The van der Waals surface area contributed by atoms with E-state index in [0.29, 0.717) is 0 Å². The first-order valence-corrected chi connectivity index (χ1v) is 5.93. The maximum atomic E-state index is 4.60. The highest BCUT2D eigenvalue weighted by atomic mass is 32.1. The number of hydrogen-bond acceptors (Lipinski definition) is 3. The lowest BCUT2D eigenvalue weighted by Gasteiger charge is -1.92. The van der Waals surface area contributed by atoms with E-state index in [9.17, 15) is 0 Å². The van der Waals surface area contributed by atoms with Crippen LogP contribution in [0.4, 0.5) is 0 Å². The van der Waals surface area contributed by atoms with Crippen LogP contribution in [0.3, 0.4) is 0 Å². The minimum Gasteiger partial charge on any atom is -0.243 e. The zero-order chi connectivity index (χ0) is 11.0. The van der Waals surface area contributed by atoms with Gasteiger partial charge in [-0.2, -0.15) is 0 Å². The molecule has 0 aliphatic carbocycles. The van der Waals surface area contributed by atoms with Crippen LogP contribution in [0.15, 0.2) is 42.6 Å². The lowest BCUT2D eigenvalue weighted by atomic mass is 10.2. The highest BCUT2D eigenvalue weighted by Gasteiger charge is 2.06. The molecule has 0 aliphatic heterocycles. The van der Waals surface area contributed by atoms with Crippen LogP contribution in [0.2, 0.25) is 0 Å². The highest BCUT2D eigenvalue weighted by molar-refractivity contribution is 7.21. The molecule has 0 atom stereocenters. The summed E-state index contributed by atoms with van der Waals surface area (Å²) in [5, 5.41) is 1.04. The summed E-state index contributed by atoms with van der Waals surface area (Å²) in [6.07, 6.45) is 1.88. The van der Waals surface area contributed by atoms with Gasteiger partial charge in [-0.05, 0) is 18.6 Å². The van der Waals surface area contributed by atoms with Crippen molar-refractivity contribution in [3.63, 3.8) is 0 Å². The Kier molecular flexibility index (Phi) is 2.18. The summed E-state index contributed by atoms with van der Waals surface area (Å²) in [5.74, 6) is 0. The number of fused-ring (bicyclic) bond motifs is 1. The van der Waals surface area contributed by atoms with E-state index in [2.05, 4.69) is 28.2 Å². The van der Waals surface area contributed by atoms with Gasteiger partial charge >= 0.3 is 0 Å². The number of nitrogens with zero attached hydrogens (tertiary/aromatic N) is 2. The van der Waals surface area contributed by atoms with Crippen molar-refractivity contribution in [2.45, 2.75) is 6.92 Å². The zero-order valence-electron chi connectivity index (χ0n) is 8.84. The second-order valence-corrected chi connectivity index (χ2v) is 4.70. The molecule has 2 nitrogen and oxygen atoms in total. The van der Waals surface area contributed by atoms with Crippen molar-refractivity contribution in [2.75, 3.05) is 0 Å². The first-order chi connectivity index (χ1) is 7.83. The number of aryl methyl sites for hydroxylation is 1. The maximum absolute atomic E-state index is 4.60. The summed E-state index contributed by atoms with van der Waals surface area (Å²) in [5.41, 5.74) is 3.30. The molecule has 2 aromatic heterocycles. The van der Waals surface area contributed by atoms with Crippen molar-refractivity contribution in [2.24, 2.45) is 0 Å². The molecule has 0 N–H and O–H groups in total. The average Bonchev–Trinajstić information content (AvgIpc) is 2.73. The second kappa shape index (κ2) is 3.68. The van der Waals surface area contributed by atoms with Gasteiger partial charge in [0.05, 0.1) is 0 Å². The molecular formula is C13H10N2S. The molecule has 3 aromatic rings. The third-order valence-electron chi connectivity index (χ3n) is 2.41. The summed E-state index contributed by atoms with van der Waals surface area (Å²) >= 11 is 1.64. The molecule has 0 saturated heterocycles. The number of pyridine rings is 1. The Balaban J connectivity index is 2.19. The third-order valence-corrected chi connectivity index (χ3v) is 3.43. The van der Waals surface area contributed by atoms with Crippen LogP contribution < -0.4 is 0 Å². The van der Waals surface area contributed by atoms with Gasteiger partial charge in [-0.25, -0.2) is 9.97 Å². The number of aromatic nitrogens is 2. The minimum atomic E-state index is 0.990. The zero-order valence-corrected chi connectivity index (χ0v) is 9.66. The molecule has 16 heavy (non-hydrogen) atoms. The van der Waals surface area contributed by atoms with Gasteiger partial charge in [0.25, 0.3) is 0 Å². The SMILES string of the molecule is Cc1cnc2sc(-c3ccccc3)nc2c1. The van der Waals surface area contributed by atoms with Gasteiger partial charge in [-0.15, -0.1) is 0 Å². The third kappa shape index (κ3) is 1.59. The lowest BCUT2D eigenvalue weighted by molar-refractivity contribution is 1.33. The summed E-state index contributed by atoms with van der Waals surface area (Å²) in [7, 11) is 0. The monoisotopic (exact) mass is 226 g/mol. The molecule has 0 fully saturated rings. The Morgan fingerprint density at radius 3 is 2.75 bits per heavy atom. The molecule has 0 bridgehead atoms. The minimum absolute atomic E-state index is 0.990. The van der Waals surface area contributed by atoms with Gasteiger partial charge in [-0.3, -0.25) is 0 Å². The van der Waals surface area contributed by atoms with Crippen LogP contribution in [0.1, 0.15) is 5.56 Å². The Hall–Kier alpha value is -1.74. The summed E-state index contributed by atoms with van der Waals surface area (Å²) < 4.78 is 0. The van der Waals surface area contributed by atoms with E-state index in [0.717, 1.165) is 26.5 Å². The quantitative estimate of drug-likeness (QED) is 0.632. The molecule has 3 heteroatoms. The summed E-state index contributed by atoms with van der Waals surface area (Å²) in [4.78, 5) is 9.99. The average molecular weight is 226 g/mol. The molecule has 0 spiro atoms. The van der Waals surface area contributed by atoms with Crippen molar-refractivity contribution in [1.82, 2.24) is 9.97 Å². The van der Waals surface area contributed by atoms with Crippen LogP contribution in [0.25, 0.3) is 20.9 Å². The summed E-state index contributed by atoms with van der Waals surface area (Å²) in [6.45, 7) is 2.04. The van der Waals surface area contributed by atoms with E-state index in [1.54, 1.807) is 11.3 Å². The molecule has 3 rings (SSSR count). The smallest absolute Gasteiger partial charge is 0.143 e. The highest BCUT2D eigenvalue weighted by Crippen LogP contribution is 2.28. The first kappa shape index (κ1) is 9.48. The predicted molar refractivity (Wildman–Crippen MR) is 67.6 cm³/mol. The normalized spacial score (nSPS) is 10.8. The van der Waals surface area contributed by atoms with Crippen LogP contribution in [-0.4, -0.2) is 9.97 Å². The topological polar surface area (TPSA) is 25.8 Å². The molecular weight excluding hydrogens is 216 g/mol. The second-order valence-electron chi connectivity index (χ2n) is 3.72. The fraction of sp³-hybridized carbons (Fsp3) is 0.0769. The van der Waals surface area contributed by atoms with Crippen LogP contribution in [0.5, 0.6) is 0 Å². The molecule has 78 valence electrons. The summed E-state index contributed by atoms with van der Waals surface area (Å²) in [6, 6.07) is 12.3. The number of thiazole rings is 1. The Morgan fingerprint density at radius 1 is 1.12 bits per heavy atom. The fourth-order valence-corrected chi connectivity index (χ4v) is 2.52. The fourth-order valence-electron chi connectivity index (χ4n) is 1.63. The van der Waals surface area contributed by atoms with Gasteiger partial charge in [0.1, 0.15) is 15.4 Å². The number of hydrogen-bond donors (Lipinski definition) is 0. The standard InChI is InChI=1S/C13H10N2S/c1-9-7-11-13(14-8-9)16-12(15-11)10-5-3-2-4-6-10/h2-8H,1H3. The Bertz CT molecular complexity index is 629. The van der Waals surface area contributed by atoms with E-state index in [1.165, 1.54) is 0 Å². The molecule has 0 amide bonds. The van der Waals surface area contributed by atoms with Gasteiger partial charge in [-0.1, -0.05) is 41.7 Å². The number of benzene rings is 1. The molecule has 2 heterocycles. The number of rotatable bonds is 1. The van der Waals surface area contributed by atoms with Gasteiger partial charge in [0.2, 0.25) is 0 Å². The largest absolute Gasteiger partial charge is 0.243 e. The Labute approximate surface area is 97.6 Å². The van der Waals surface area contributed by atoms with Crippen LogP contribution in [-0.2, 0) is 0 Å². The van der Waals surface area contributed by atoms with Crippen molar-refractivity contribution < 1.29 is 0 Å². The van der Waals surface area contributed by atoms with Crippen molar-refractivity contribution in [1.29, 1.82) is 0 Å². The van der Waals surface area contributed by atoms with E-state index in [-0.39, 0.29) is 0 Å². The molecule has 0 radical (unpaired) electrons. The van der Waals surface area contributed by atoms with Crippen molar-refractivity contribution in [3.05, 3.63) is 48.2 Å². The molecule has 0 saturated carbocycles. The molecule has 0 aliphatic rings. The van der Waals surface area contributed by atoms with E-state index in [1.807, 2.05) is 31.3 Å². The van der Waals surface area contributed by atoms with Gasteiger partial charge in [0.15, 0.2) is 0 Å². The predicted octanol–water partition coefficient (Wildman–Crippen LogP) is 3.67. The van der Waals surface area contributed by atoms with E-state index in [4.69, 9.17) is 0 Å². The lowest BCUT2D eigenvalue weighted by Crippen LogP contribution is -1.77. The Morgan fingerprint density at radius 2 is 1.94 bits per heavy atom. The maximum Gasteiger partial charge on any atom is 0.143 e.